The molecule has 126 valence electrons. The summed E-state index contributed by atoms with van der Waals surface area (Å²) >= 11 is 1.33. The van der Waals surface area contributed by atoms with E-state index >= 15 is 0 Å². The number of methoxy groups -OCH3 is 1. The first-order valence-electron chi connectivity index (χ1n) is 6.96. The summed E-state index contributed by atoms with van der Waals surface area (Å²) in [6.45, 7) is 1.71. The van der Waals surface area contributed by atoms with Crippen LogP contribution >= 0.6 is 11.8 Å². The molecule has 6 nitrogen and oxygen atoms in total. The number of nitro groups is 1. The third-order valence-corrected chi connectivity index (χ3v) is 4.26. The highest BCUT2D eigenvalue weighted by Gasteiger charge is 2.18. The molecule has 0 heterocycles. The van der Waals surface area contributed by atoms with E-state index in [4.69, 9.17) is 4.74 Å². The molecule has 2 aromatic rings. The molecule has 0 aliphatic carbocycles. The van der Waals surface area contributed by atoms with Gasteiger partial charge in [-0.15, -0.1) is 11.8 Å². The predicted molar refractivity (Wildman–Crippen MR) is 90.0 cm³/mol. The Bertz CT molecular complexity index is 752. The Morgan fingerprint density at radius 2 is 1.96 bits per heavy atom. The lowest BCUT2D eigenvalue weighted by Gasteiger charge is -2.12. The minimum Gasteiger partial charge on any atom is -0.497 e. The number of ether oxygens (including phenoxy) is 1. The summed E-state index contributed by atoms with van der Waals surface area (Å²) in [5, 5.41) is 12.8. The number of halogens is 1. The fraction of sp³-hybridized carbons (Fsp3) is 0.188. The van der Waals surface area contributed by atoms with Gasteiger partial charge in [-0.3, -0.25) is 14.9 Å². The van der Waals surface area contributed by atoms with Crippen molar-refractivity contribution in [2.75, 3.05) is 12.4 Å². The third-order valence-electron chi connectivity index (χ3n) is 3.15. The third kappa shape index (κ3) is 4.45. The van der Waals surface area contributed by atoms with Gasteiger partial charge in [0.05, 0.1) is 17.3 Å². The van der Waals surface area contributed by atoms with Gasteiger partial charge >= 0.3 is 5.69 Å². The SMILES string of the molecule is COc1ccc(S[C@H](C)C(=O)Nc2ccc(F)c([N+](=O)[O-])c2)cc1. The molecule has 0 fully saturated rings. The number of nitrogens with one attached hydrogen (secondary N) is 1. The normalized spacial score (nSPS) is 11.6. The number of carbonyl (C=O) groups is 1. The van der Waals surface area contributed by atoms with Crippen LogP contribution in [0.1, 0.15) is 6.92 Å². The summed E-state index contributed by atoms with van der Waals surface area (Å²) in [5.41, 5.74) is -0.501. The highest BCUT2D eigenvalue weighted by molar-refractivity contribution is 8.00. The second kappa shape index (κ2) is 7.78. The summed E-state index contributed by atoms with van der Waals surface area (Å²) in [6, 6.07) is 10.5. The molecule has 1 N–H and O–H groups in total. The molecule has 0 saturated carbocycles. The zero-order valence-electron chi connectivity index (χ0n) is 13.0. The van der Waals surface area contributed by atoms with E-state index in [1.54, 1.807) is 26.2 Å². The molecule has 0 aliphatic heterocycles. The van der Waals surface area contributed by atoms with Crippen LogP contribution in [-0.2, 0) is 4.79 Å². The van der Waals surface area contributed by atoms with E-state index < -0.39 is 21.7 Å². The number of anilines is 1. The highest BCUT2D eigenvalue weighted by atomic mass is 32.2. The lowest BCUT2D eigenvalue weighted by molar-refractivity contribution is -0.387. The van der Waals surface area contributed by atoms with Crippen molar-refractivity contribution in [2.24, 2.45) is 0 Å². The second-order valence-electron chi connectivity index (χ2n) is 4.85. The highest BCUT2D eigenvalue weighted by Crippen LogP contribution is 2.27. The smallest absolute Gasteiger partial charge is 0.306 e. The number of nitrogens with zero attached hydrogens (tertiary/aromatic N) is 1. The molecule has 0 aromatic heterocycles. The summed E-state index contributed by atoms with van der Waals surface area (Å²) < 4.78 is 18.4. The minimum atomic E-state index is -0.946. The fourth-order valence-corrected chi connectivity index (χ4v) is 2.75. The monoisotopic (exact) mass is 350 g/mol. The predicted octanol–water partition coefficient (Wildman–Crippen LogP) is 3.86. The lowest BCUT2D eigenvalue weighted by atomic mass is 10.2. The molecular formula is C16H15FN2O4S. The maximum Gasteiger partial charge on any atom is 0.306 e. The van der Waals surface area contributed by atoms with Crippen LogP contribution in [0, 0.1) is 15.9 Å². The summed E-state index contributed by atoms with van der Waals surface area (Å²) in [4.78, 5) is 23.0. The summed E-state index contributed by atoms with van der Waals surface area (Å²) in [5.74, 6) is -0.564. The molecule has 0 aliphatic rings. The maximum atomic E-state index is 13.3. The molecule has 0 spiro atoms. The number of rotatable bonds is 6. The average Bonchev–Trinajstić information content (AvgIpc) is 2.57. The number of amides is 1. The van der Waals surface area contributed by atoms with Crippen LogP contribution in [0.5, 0.6) is 5.75 Å². The minimum absolute atomic E-state index is 0.176. The Hall–Kier alpha value is -2.61. The van der Waals surface area contributed by atoms with Crippen molar-refractivity contribution < 1.29 is 18.8 Å². The molecule has 2 aromatic carbocycles. The van der Waals surface area contributed by atoms with Crippen LogP contribution in [-0.4, -0.2) is 23.2 Å². The molecule has 8 heteroatoms. The second-order valence-corrected chi connectivity index (χ2v) is 6.26. The van der Waals surface area contributed by atoms with Gasteiger partial charge in [0.2, 0.25) is 11.7 Å². The van der Waals surface area contributed by atoms with Crippen LogP contribution in [0.3, 0.4) is 0 Å². The van der Waals surface area contributed by atoms with Crippen molar-refractivity contribution in [3.63, 3.8) is 0 Å². The summed E-state index contributed by atoms with van der Waals surface area (Å²) in [6.07, 6.45) is 0. The molecule has 0 radical (unpaired) electrons. The molecule has 0 bridgehead atoms. The first-order valence-corrected chi connectivity index (χ1v) is 7.84. The average molecular weight is 350 g/mol. The molecule has 1 amide bonds. The van der Waals surface area contributed by atoms with E-state index in [0.717, 1.165) is 22.8 Å². The largest absolute Gasteiger partial charge is 0.497 e. The Balaban J connectivity index is 2.03. The van der Waals surface area contributed by atoms with Crippen LogP contribution in [0.25, 0.3) is 0 Å². The first kappa shape index (κ1) is 17.7. The quantitative estimate of drug-likeness (QED) is 0.486. The first-order chi connectivity index (χ1) is 11.4. The van der Waals surface area contributed by atoms with Gasteiger partial charge in [0.25, 0.3) is 0 Å². The maximum absolute atomic E-state index is 13.3. The van der Waals surface area contributed by atoms with Gasteiger partial charge in [-0.25, -0.2) is 0 Å². The van der Waals surface area contributed by atoms with E-state index in [2.05, 4.69) is 5.32 Å². The van der Waals surface area contributed by atoms with Gasteiger partial charge in [-0.05, 0) is 43.3 Å². The summed E-state index contributed by atoms with van der Waals surface area (Å²) in [7, 11) is 1.57. The Morgan fingerprint density at radius 3 is 2.54 bits per heavy atom. The van der Waals surface area contributed by atoms with Crippen molar-refractivity contribution in [1.82, 2.24) is 0 Å². The lowest BCUT2D eigenvalue weighted by Crippen LogP contribution is -2.22. The molecule has 1 atom stereocenters. The van der Waals surface area contributed by atoms with Gasteiger partial charge in [0.15, 0.2) is 0 Å². The van der Waals surface area contributed by atoms with Crippen LogP contribution < -0.4 is 10.1 Å². The Morgan fingerprint density at radius 1 is 1.29 bits per heavy atom. The van der Waals surface area contributed by atoms with E-state index in [1.807, 2.05) is 12.1 Å². The van der Waals surface area contributed by atoms with Crippen LogP contribution in [0.4, 0.5) is 15.8 Å². The van der Waals surface area contributed by atoms with Crippen molar-refractivity contribution in [3.8, 4) is 5.75 Å². The van der Waals surface area contributed by atoms with Crippen molar-refractivity contribution in [3.05, 3.63) is 58.4 Å². The number of thioether (sulfide) groups is 1. The number of nitro benzene ring substituents is 1. The number of hydrogen-bond acceptors (Lipinski definition) is 5. The van der Waals surface area contributed by atoms with Crippen molar-refractivity contribution in [1.29, 1.82) is 0 Å². The van der Waals surface area contributed by atoms with Gasteiger partial charge in [-0.1, -0.05) is 0 Å². The molecule has 0 saturated heterocycles. The van der Waals surface area contributed by atoms with E-state index in [9.17, 15) is 19.3 Å². The Kier molecular flexibility index (Phi) is 5.75. The van der Waals surface area contributed by atoms with Crippen molar-refractivity contribution in [2.45, 2.75) is 17.1 Å². The zero-order valence-corrected chi connectivity index (χ0v) is 13.8. The van der Waals surface area contributed by atoms with Gasteiger partial charge in [0, 0.05) is 16.6 Å². The van der Waals surface area contributed by atoms with Gasteiger partial charge < -0.3 is 10.1 Å². The zero-order chi connectivity index (χ0) is 17.7. The number of hydrogen-bond donors (Lipinski definition) is 1. The van der Waals surface area contributed by atoms with E-state index in [1.165, 1.54) is 17.8 Å². The van der Waals surface area contributed by atoms with Crippen LogP contribution in [0.2, 0.25) is 0 Å². The fourth-order valence-electron chi connectivity index (χ4n) is 1.89. The molecule has 2 rings (SSSR count). The molecule has 24 heavy (non-hydrogen) atoms. The number of benzene rings is 2. The molecule has 0 unspecified atom stereocenters. The number of carbonyl (C=O) groups excluding carboxylic acids is 1. The van der Waals surface area contributed by atoms with E-state index in [0.29, 0.717) is 0 Å². The Labute approximate surface area is 142 Å². The van der Waals surface area contributed by atoms with Crippen molar-refractivity contribution >= 4 is 29.0 Å². The topological polar surface area (TPSA) is 81.5 Å². The standard InChI is InChI=1S/C16H15FN2O4S/c1-10(24-13-6-4-12(23-2)5-7-13)16(20)18-11-3-8-14(17)15(9-11)19(21)22/h3-10H,1-2H3,(H,18,20)/t10-/m1/s1. The van der Waals surface area contributed by atoms with Gasteiger partial charge in [0.1, 0.15) is 5.75 Å². The van der Waals surface area contributed by atoms with E-state index in [-0.39, 0.29) is 11.6 Å². The van der Waals surface area contributed by atoms with Gasteiger partial charge in [-0.2, -0.15) is 4.39 Å². The molecular weight excluding hydrogens is 335 g/mol. The van der Waals surface area contributed by atoms with Crippen LogP contribution in [0.15, 0.2) is 47.4 Å².